The van der Waals surface area contributed by atoms with Crippen LogP contribution in [0.5, 0.6) is 0 Å². The number of benzene rings is 2. The quantitative estimate of drug-likeness (QED) is 0.500. The van der Waals surface area contributed by atoms with Gasteiger partial charge < -0.3 is 9.73 Å². The van der Waals surface area contributed by atoms with E-state index in [1.54, 1.807) is 61.7 Å². The summed E-state index contributed by atoms with van der Waals surface area (Å²) in [6.07, 6.45) is 1.68. The number of carbonyl (C=O) groups excluding carboxylic acids is 2. The van der Waals surface area contributed by atoms with E-state index in [4.69, 9.17) is 20.9 Å². The number of hydrogen-bond donors (Lipinski definition) is 1. The third-order valence-corrected chi connectivity index (χ3v) is 4.87. The van der Waals surface area contributed by atoms with E-state index in [0.717, 1.165) is 16.2 Å². The summed E-state index contributed by atoms with van der Waals surface area (Å²) in [5.74, 6) is 0.620. The van der Waals surface area contributed by atoms with Gasteiger partial charge in [0.1, 0.15) is 11.5 Å². The third-order valence-electron chi connectivity index (χ3n) is 4.63. The zero-order valence-corrected chi connectivity index (χ0v) is 16.5. The Labute approximate surface area is 172 Å². The molecule has 0 saturated heterocycles. The maximum absolute atomic E-state index is 12.3. The molecule has 2 aromatic carbocycles. The minimum Gasteiger partial charge on any atom is -0.457 e. The van der Waals surface area contributed by atoms with Gasteiger partial charge in [0.15, 0.2) is 0 Å². The molecule has 0 radical (unpaired) electrons. The Morgan fingerprint density at radius 2 is 2.00 bits per heavy atom. The molecular weight excluding hydrogens is 392 g/mol. The van der Waals surface area contributed by atoms with Crippen molar-refractivity contribution in [2.45, 2.75) is 0 Å². The molecule has 1 aliphatic heterocycles. The standard InChI is InChI=1S/C22H17ClN2O4/c1-25(28-2)22(27)14-5-3-4-13(10-14)20-9-7-16(29-20)12-18-17-11-15(23)6-8-19(17)24-21(18)26/h3-12H,1-2H3,(H,24,26). The fraction of sp³-hybridized carbons (Fsp3) is 0.0909. The molecule has 6 nitrogen and oxygen atoms in total. The fourth-order valence-electron chi connectivity index (χ4n) is 3.10. The topological polar surface area (TPSA) is 71.8 Å². The second kappa shape index (κ2) is 7.58. The number of nitrogens with one attached hydrogen (secondary N) is 1. The summed E-state index contributed by atoms with van der Waals surface area (Å²) in [6, 6.07) is 15.8. The van der Waals surface area contributed by atoms with Crippen LogP contribution in [0.4, 0.5) is 5.69 Å². The van der Waals surface area contributed by atoms with E-state index in [9.17, 15) is 9.59 Å². The van der Waals surface area contributed by atoms with Gasteiger partial charge in [0.25, 0.3) is 11.8 Å². The molecule has 0 saturated carbocycles. The number of amides is 2. The number of furan rings is 1. The van der Waals surface area contributed by atoms with Crippen molar-refractivity contribution < 1.29 is 18.8 Å². The van der Waals surface area contributed by atoms with Crippen LogP contribution in [0.2, 0.25) is 5.02 Å². The van der Waals surface area contributed by atoms with Gasteiger partial charge in [-0.15, -0.1) is 0 Å². The Morgan fingerprint density at radius 1 is 1.17 bits per heavy atom. The Hall–Kier alpha value is -3.35. The van der Waals surface area contributed by atoms with Gasteiger partial charge in [-0.05, 0) is 48.5 Å². The van der Waals surface area contributed by atoms with Crippen LogP contribution in [0.25, 0.3) is 23.0 Å². The predicted octanol–water partition coefficient (Wildman–Crippen LogP) is 4.73. The molecule has 0 unspecified atom stereocenters. The number of nitrogens with zero attached hydrogens (tertiary/aromatic N) is 1. The van der Waals surface area contributed by atoms with Crippen molar-refractivity contribution in [2.75, 3.05) is 19.5 Å². The zero-order valence-electron chi connectivity index (χ0n) is 15.7. The highest BCUT2D eigenvalue weighted by Crippen LogP contribution is 2.35. The van der Waals surface area contributed by atoms with E-state index in [1.165, 1.54) is 7.11 Å². The zero-order chi connectivity index (χ0) is 20.5. The summed E-state index contributed by atoms with van der Waals surface area (Å²) in [4.78, 5) is 29.5. The molecule has 29 heavy (non-hydrogen) atoms. The van der Waals surface area contributed by atoms with Gasteiger partial charge in [-0.25, -0.2) is 5.06 Å². The molecule has 1 N–H and O–H groups in total. The van der Waals surface area contributed by atoms with Crippen LogP contribution in [0.1, 0.15) is 21.7 Å². The van der Waals surface area contributed by atoms with Crippen LogP contribution in [-0.2, 0) is 9.63 Å². The molecule has 2 amide bonds. The number of hydrogen-bond acceptors (Lipinski definition) is 4. The normalized spacial score (nSPS) is 14.0. The summed E-state index contributed by atoms with van der Waals surface area (Å²) < 4.78 is 5.90. The molecule has 1 aromatic heterocycles. The second-order valence-corrected chi connectivity index (χ2v) is 6.91. The smallest absolute Gasteiger partial charge is 0.277 e. The van der Waals surface area contributed by atoms with Crippen molar-refractivity contribution in [3.8, 4) is 11.3 Å². The van der Waals surface area contributed by atoms with E-state index >= 15 is 0 Å². The summed E-state index contributed by atoms with van der Waals surface area (Å²) in [6.45, 7) is 0. The Bertz CT molecular complexity index is 1150. The molecule has 3 aromatic rings. The van der Waals surface area contributed by atoms with Crippen molar-refractivity contribution in [3.63, 3.8) is 0 Å². The molecule has 0 bridgehead atoms. The number of hydroxylamine groups is 2. The maximum atomic E-state index is 12.3. The predicted molar refractivity (Wildman–Crippen MR) is 111 cm³/mol. The summed E-state index contributed by atoms with van der Waals surface area (Å²) in [5.41, 5.74) is 3.14. The van der Waals surface area contributed by atoms with Crippen LogP contribution in [-0.4, -0.2) is 31.0 Å². The molecule has 0 spiro atoms. The number of fused-ring (bicyclic) bond motifs is 1. The lowest BCUT2D eigenvalue weighted by molar-refractivity contribution is -0.110. The first-order valence-electron chi connectivity index (χ1n) is 8.81. The molecule has 2 heterocycles. The highest BCUT2D eigenvalue weighted by Gasteiger charge is 2.24. The maximum Gasteiger partial charge on any atom is 0.277 e. The Kier molecular flexibility index (Phi) is 4.96. The molecular formula is C22H17ClN2O4. The molecule has 1 aliphatic rings. The van der Waals surface area contributed by atoms with Gasteiger partial charge >= 0.3 is 0 Å². The Morgan fingerprint density at radius 3 is 2.79 bits per heavy atom. The molecule has 7 heteroatoms. The monoisotopic (exact) mass is 408 g/mol. The number of rotatable bonds is 4. The van der Waals surface area contributed by atoms with Gasteiger partial charge in [0, 0.05) is 34.4 Å². The van der Waals surface area contributed by atoms with E-state index in [2.05, 4.69) is 5.32 Å². The minimum absolute atomic E-state index is 0.213. The van der Waals surface area contributed by atoms with Gasteiger partial charge in [0.2, 0.25) is 0 Å². The van der Waals surface area contributed by atoms with E-state index in [-0.39, 0.29) is 11.8 Å². The van der Waals surface area contributed by atoms with Crippen molar-refractivity contribution in [1.82, 2.24) is 5.06 Å². The lowest BCUT2D eigenvalue weighted by Gasteiger charge is -2.13. The van der Waals surface area contributed by atoms with Crippen molar-refractivity contribution in [3.05, 3.63) is 76.5 Å². The summed E-state index contributed by atoms with van der Waals surface area (Å²) >= 11 is 6.07. The number of carbonyl (C=O) groups is 2. The fourth-order valence-corrected chi connectivity index (χ4v) is 3.27. The molecule has 0 atom stereocenters. The first-order chi connectivity index (χ1) is 14.0. The number of halogens is 1. The van der Waals surface area contributed by atoms with E-state index < -0.39 is 0 Å². The second-order valence-electron chi connectivity index (χ2n) is 6.47. The molecule has 146 valence electrons. The van der Waals surface area contributed by atoms with Crippen LogP contribution < -0.4 is 5.32 Å². The number of anilines is 1. The third kappa shape index (κ3) is 3.68. The van der Waals surface area contributed by atoms with Gasteiger partial charge in [-0.3, -0.25) is 14.4 Å². The summed E-state index contributed by atoms with van der Waals surface area (Å²) in [5, 5.41) is 4.51. The van der Waals surface area contributed by atoms with Crippen LogP contribution in [0.3, 0.4) is 0 Å². The average molecular weight is 409 g/mol. The van der Waals surface area contributed by atoms with Gasteiger partial charge in [0.05, 0.1) is 12.7 Å². The van der Waals surface area contributed by atoms with Gasteiger partial charge in [-0.1, -0.05) is 23.7 Å². The van der Waals surface area contributed by atoms with Gasteiger partial charge in [-0.2, -0.15) is 0 Å². The first kappa shape index (κ1) is 19.0. The van der Waals surface area contributed by atoms with Crippen molar-refractivity contribution in [1.29, 1.82) is 0 Å². The van der Waals surface area contributed by atoms with Crippen molar-refractivity contribution in [2.24, 2.45) is 0 Å². The SMILES string of the molecule is CON(C)C(=O)c1cccc(-c2ccc(C=C3C(=O)Nc4ccc(Cl)cc43)o2)c1. The average Bonchev–Trinajstić information content (AvgIpc) is 3.32. The minimum atomic E-state index is -0.264. The largest absolute Gasteiger partial charge is 0.457 e. The molecule has 0 fully saturated rings. The molecule has 0 aliphatic carbocycles. The Balaban J connectivity index is 1.65. The summed E-state index contributed by atoms with van der Waals surface area (Å²) in [7, 11) is 2.97. The van der Waals surface area contributed by atoms with E-state index in [1.807, 2.05) is 6.07 Å². The lowest BCUT2D eigenvalue weighted by atomic mass is 10.1. The highest BCUT2D eigenvalue weighted by molar-refractivity contribution is 6.36. The van der Waals surface area contributed by atoms with Crippen molar-refractivity contribution >= 4 is 40.8 Å². The first-order valence-corrected chi connectivity index (χ1v) is 9.19. The lowest BCUT2D eigenvalue weighted by Crippen LogP contribution is -2.25. The van der Waals surface area contributed by atoms with Crippen LogP contribution >= 0.6 is 11.6 Å². The van der Waals surface area contributed by atoms with Crippen LogP contribution in [0, 0.1) is 0 Å². The van der Waals surface area contributed by atoms with E-state index in [0.29, 0.717) is 33.4 Å². The van der Waals surface area contributed by atoms with Crippen LogP contribution in [0.15, 0.2) is 59.0 Å². The molecule has 4 rings (SSSR count). The highest BCUT2D eigenvalue weighted by atomic mass is 35.5.